The Morgan fingerprint density at radius 1 is 1.26 bits per heavy atom. The number of anilines is 1. The SMILES string of the molecule is Cc1cccn2nc(NCc3cccc(F)c3)nc12. The van der Waals surface area contributed by atoms with Crippen LogP contribution in [0.4, 0.5) is 10.3 Å². The topological polar surface area (TPSA) is 42.2 Å². The van der Waals surface area contributed by atoms with Crippen molar-refractivity contribution >= 4 is 11.6 Å². The number of pyridine rings is 1. The van der Waals surface area contributed by atoms with Gasteiger partial charge in [-0.3, -0.25) is 0 Å². The van der Waals surface area contributed by atoms with E-state index in [0.717, 1.165) is 16.8 Å². The average Bonchev–Trinajstić information content (AvgIpc) is 2.81. The Bertz CT molecular complexity index is 720. The second-order valence-corrected chi connectivity index (χ2v) is 4.38. The number of hydrogen-bond donors (Lipinski definition) is 1. The minimum absolute atomic E-state index is 0.238. The van der Waals surface area contributed by atoms with Crippen molar-refractivity contribution in [3.05, 3.63) is 59.5 Å². The highest BCUT2D eigenvalue weighted by Gasteiger charge is 2.05. The summed E-state index contributed by atoms with van der Waals surface area (Å²) in [5.41, 5.74) is 2.74. The fraction of sp³-hybridized carbons (Fsp3) is 0.143. The second-order valence-electron chi connectivity index (χ2n) is 4.38. The van der Waals surface area contributed by atoms with Gasteiger partial charge in [0, 0.05) is 12.7 Å². The fourth-order valence-corrected chi connectivity index (χ4v) is 1.94. The van der Waals surface area contributed by atoms with Crippen LogP contribution in [0, 0.1) is 12.7 Å². The predicted molar refractivity (Wildman–Crippen MR) is 71.5 cm³/mol. The third kappa shape index (κ3) is 2.40. The molecule has 2 heterocycles. The van der Waals surface area contributed by atoms with E-state index in [1.807, 2.05) is 31.3 Å². The van der Waals surface area contributed by atoms with Crippen LogP contribution in [0.3, 0.4) is 0 Å². The molecule has 0 aliphatic rings. The Morgan fingerprint density at radius 2 is 2.16 bits per heavy atom. The Hall–Kier alpha value is -2.43. The van der Waals surface area contributed by atoms with Crippen LogP contribution in [0.15, 0.2) is 42.6 Å². The van der Waals surface area contributed by atoms with E-state index in [4.69, 9.17) is 0 Å². The zero-order chi connectivity index (χ0) is 13.2. The lowest BCUT2D eigenvalue weighted by Gasteiger charge is -2.01. The van der Waals surface area contributed by atoms with E-state index in [-0.39, 0.29) is 5.82 Å². The van der Waals surface area contributed by atoms with Crippen molar-refractivity contribution in [2.24, 2.45) is 0 Å². The van der Waals surface area contributed by atoms with Crippen LogP contribution in [0.2, 0.25) is 0 Å². The highest BCUT2D eigenvalue weighted by molar-refractivity contribution is 5.49. The minimum atomic E-state index is -0.238. The number of halogens is 1. The molecule has 0 radical (unpaired) electrons. The summed E-state index contributed by atoms with van der Waals surface area (Å²) in [7, 11) is 0. The molecule has 0 fully saturated rings. The van der Waals surface area contributed by atoms with Gasteiger partial charge < -0.3 is 5.32 Å². The van der Waals surface area contributed by atoms with Gasteiger partial charge in [0.05, 0.1) is 0 Å². The summed E-state index contributed by atoms with van der Waals surface area (Å²) in [4.78, 5) is 4.40. The highest BCUT2D eigenvalue weighted by Crippen LogP contribution is 2.11. The van der Waals surface area contributed by atoms with Gasteiger partial charge in [0.1, 0.15) is 5.82 Å². The summed E-state index contributed by atoms with van der Waals surface area (Å²) in [5, 5.41) is 7.41. The van der Waals surface area contributed by atoms with Crippen molar-refractivity contribution in [3.63, 3.8) is 0 Å². The van der Waals surface area contributed by atoms with Crippen molar-refractivity contribution in [3.8, 4) is 0 Å². The van der Waals surface area contributed by atoms with Crippen molar-refractivity contribution < 1.29 is 4.39 Å². The summed E-state index contributed by atoms with van der Waals surface area (Å²) >= 11 is 0. The predicted octanol–water partition coefficient (Wildman–Crippen LogP) is 2.79. The van der Waals surface area contributed by atoms with Gasteiger partial charge >= 0.3 is 0 Å². The number of rotatable bonds is 3. The molecule has 1 aromatic carbocycles. The van der Waals surface area contributed by atoms with Crippen molar-refractivity contribution in [2.75, 3.05) is 5.32 Å². The highest BCUT2D eigenvalue weighted by atomic mass is 19.1. The molecule has 0 aliphatic carbocycles. The number of aryl methyl sites for hydroxylation is 1. The normalized spacial score (nSPS) is 10.8. The molecule has 19 heavy (non-hydrogen) atoms. The van der Waals surface area contributed by atoms with Crippen LogP contribution in [0.1, 0.15) is 11.1 Å². The molecule has 1 N–H and O–H groups in total. The summed E-state index contributed by atoms with van der Waals surface area (Å²) in [6.07, 6.45) is 1.85. The van der Waals surface area contributed by atoms with E-state index >= 15 is 0 Å². The Balaban J connectivity index is 1.80. The Labute approximate surface area is 109 Å². The fourth-order valence-electron chi connectivity index (χ4n) is 1.94. The zero-order valence-corrected chi connectivity index (χ0v) is 10.5. The van der Waals surface area contributed by atoms with Crippen molar-refractivity contribution in [2.45, 2.75) is 13.5 Å². The van der Waals surface area contributed by atoms with Crippen LogP contribution < -0.4 is 5.32 Å². The first kappa shape index (κ1) is 11.6. The van der Waals surface area contributed by atoms with E-state index in [0.29, 0.717) is 12.5 Å². The van der Waals surface area contributed by atoms with Gasteiger partial charge in [0.15, 0.2) is 5.65 Å². The molecule has 3 aromatic rings. The minimum Gasteiger partial charge on any atom is -0.349 e. The van der Waals surface area contributed by atoms with E-state index < -0.39 is 0 Å². The van der Waals surface area contributed by atoms with Crippen LogP contribution in [-0.2, 0) is 6.54 Å². The van der Waals surface area contributed by atoms with Crippen LogP contribution >= 0.6 is 0 Å². The van der Waals surface area contributed by atoms with E-state index in [1.54, 1.807) is 10.6 Å². The zero-order valence-electron chi connectivity index (χ0n) is 10.5. The monoisotopic (exact) mass is 256 g/mol. The average molecular weight is 256 g/mol. The Morgan fingerprint density at radius 3 is 2.95 bits per heavy atom. The molecule has 0 saturated heterocycles. The molecule has 0 unspecified atom stereocenters. The van der Waals surface area contributed by atoms with Gasteiger partial charge in [0.2, 0.25) is 5.95 Å². The van der Waals surface area contributed by atoms with E-state index in [9.17, 15) is 4.39 Å². The molecule has 0 spiro atoms. The number of nitrogens with zero attached hydrogens (tertiary/aromatic N) is 3. The molecule has 4 nitrogen and oxygen atoms in total. The maximum absolute atomic E-state index is 13.1. The molecule has 0 atom stereocenters. The van der Waals surface area contributed by atoms with Crippen molar-refractivity contribution in [1.29, 1.82) is 0 Å². The first-order valence-electron chi connectivity index (χ1n) is 6.03. The van der Waals surface area contributed by atoms with Gasteiger partial charge in [-0.05, 0) is 36.2 Å². The Kier molecular flexibility index (Phi) is 2.87. The lowest BCUT2D eigenvalue weighted by Crippen LogP contribution is -2.01. The number of nitrogens with one attached hydrogen (secondary N) is 1. The van der Waals surface area contributed by atoms with E-state index in [1.165, 1.54) is 12.1 Å². The molecule has 5 heteroatoms. The maximum atomic E-state index is 13.1. The number of hydrogen-bond acceptors (Lipinski definition) is 3. The molecule has 3 rings (SSSR count). The van der Waals surface area contributed by atoms with Gasteiger partial charge in [-0.15, -0.1) is 5.10 Å². The molecule has 0 bridgehead atoms. The molecular formula is C14H13FN4. The molecule has 0 amide bonds. The third-order valence-electron chi connectivity index (χ3n) is 2.90. The largest absolute Gasteiger partial charge is 0.349 e. The lowest BCUT2D eigenvalue weighted by atomic mass is 10.2. The van der Waals surface area contributed by atoms with Gasteiger partial charge in [-0.2, -0.15) is 4.98 Å². The first-order chi connectivity index (χ1) is 9.22. The molecule has 2 aromatic heterocycles. The standard InChI is InChI=1S/C14H13FN4/c1-10-4-3-7-19-13(10)17-14(18-19)16-9-11-5-2-6-12(15)8-11/h2-8H,9H2,1H3,(H,16,18). The van der Waals surface area contributed by atoms with Crippen LogP contribution in [0.5, 0.6) is 0 Å². The maximum Gasteiger partial charge on any atom is 0.243 e. The van der Waals surface area contributed by atoms with Gasteiger partial charge in [-0.25, -0.2) is 8.91 Å². The molecule has 96 valence electrons. The smallest absolute Gasteiger partial charge is 0.243 e. The second kappa shape index (κ2) is 4.68. The summed E-state index contributed by atoms with van der Waals surface area (Å²) in [6.45, 7) is 2.48. The lowest BCUT2D eigenvalue weighted by molar-refractivity contribution is 0.626. The summed E-state index contributed by atoms with van der Waals surface area (Å²) in [5.74, 6) is 0.302. The third-order valence-corrected chi connectivity index (χ3v) is 2.90. The summed E-state index contributed by atoms with van der Waals surface area (Å²) in [6, 6.07) is 10.4. The summed E-state index contributed by atoms with van der Waals surface area (Å²) < 4.78 is 14.8. The molecule has 0 saturated carbocycles. The van der Waals surface area contributed by atoms with Crippen LogP contribution in [-0.4, -0.2) is 14.6 Å². The quantitative estimate of drug-likeness (QED) is 0.783. The number of benzene rings is 1. The van der Waals surface area contributed by atoms with Gasteiger partial charge in [0.25, 0.3) is 0 Å². The number of fused-ring (bicyclic) bond motifs is 1. The molecular weight excluding hydrogens is 243 g/mol. The van der Waals surface area contributed by atoms with Crippen LogP contribution in [0.25, 0.3) is 5.65 Å². The number of aromatic nitrogens is 3. The van der Waals surface area contributed by atoms with Crippen molar-refractivity contribution in [1.82, 2.24) is 14.6 Å². The van der Waals surface area contributed by atoms with Gasteiger partial charge in [-0.1, -0.05) is 18.2 Å². The molecule has 0 aliphatic heterocycles. The first-order valence-corrected chi connectivity index (χ1v) is 6.03. The van der Waals surface area contributed by atoms with E-state index in [2.05, 4.69) is 15.4 Å².